The van der Waals surface area contributed by atoms with Crippen LogP contribution in [0.2, 0.25) is 0 Å². The van der Waals surface area contributed by atoms with Crippen LogP contribution in [0.1, 0.15) is 12.8 Å². The highest BCUT2D eigenvalue weighted by Gasteiger charge is 2.18. The van der Waals surface area contributed by atoms with Crippen molar-refractivity contribution >= 4 is 22.7 Å². The Morgan fingerprint density at radius 1 is 1.38 bits per heavy atom. The van der Waals surface area contributed by atoms with Crippen LogP contribution in [-0.2, 0) is 16.1 Å². The van der Waals surface area contributed by atoms with E-state index in [9.17, 15) is 9.59 Å². The minimum atomic E-state index is -0.558. The fourth-order valence-corrected chi connectivity index (χ4v) is 2.49. The van der Waals surface area contributed by atoms with Crippen molar-refractivity contribution in [1.29, 1.82) is 0 Å². The smallest absolute Gasteiger partial charge is 0.408 e. The lowest BCUT2D eigenvalue weighted by Crippen LogP contribution is -2.41. The number of oxazole rings is 1. The first-order chi connectivity index (χ1) is 10.1. The summed E-state index contributed by atoms with van der Waals surface area (Å²) < 4.78 is 11.6. The first-order valence-electron chi connectivity index (χ1n) is 6.89. The summed E-state index contributed by atoms with van der Waals surface area (Å²) >= 11 is 0. The van der Waals surface area contributed by atoms with Gasteiger partial charge in [0.2, 0.25) is 5.91 Å². The summed E-state index contributed by atoms with van der Waals surface area (Å²) in [6.07, 6.45) is 1.59. The van der Waals surface area contributed by atoms with Crippen LogP contribution in [0, 0.1) is 0 Å². The van der Waals surface area contributed by atoms with Gasteiger partial charge in [0, 0.05) is 31.0 Å². The molecule has 21 heavy (non-hydrogen) atoms. The van der Waals surface area contributed by atoms with Gasteiger partial charge in [0.25, 0.3) is 0 Å². The van der Waals surface area contributed by atoms with Crippen molar-refractivity contribution in [1.82, 2.24) is 9.88 Å². The van der Waals surface area contributed by atoms with Crippen molar-refractivity contribution in [3.8, 4) is 0 Å². The number of rotatable bonds is 3. The zero-order chi connectivity index (χ0) is 14.8. The Kier molecular flexibility index (Phi) is 3.66. The van der Waals surface area contributed by atoms with Crippen molar-refractivity contribution in [3.05, 3.63) is 28.7 Å². The first kappa shape index (κ1) is 13.7. The number of hydrogen-bond donors (Lipinski definition) is 2. The number of carbonyl (C=O) groups excluding carboxylic acids is 1. The van der Waals surface area contributed by atoms with Crippen LogP contribution < -0.4 is 16.8 Å². The third kappa shape index (κ3) is 2.92. The van der Waals surface area contributed by atoms with E-state index in [-0.39, 0.29) is 18.5 Å². The summed E-state index contributed by atoms with van der Waals surface area (Å²) in [6, 6.07) is 5.03. The SMILES string of the molecule is Nc1ccc2c(c1)oc(=O)n2CC(=O)NC1CCOCC1. The Morgan fingerprint density at radius 2 is 2.14 bits per heavy atom. The molecule has 0 aliphatic carbocycles. The van der Waals surface area contributed by atoms with E-state index in [4.69, 9.17) is 14.9 Å². The number of ether oxygens (including phenoxy) is 1. The zero-order valence-electron chi connectivity index (χ0n) is 11.5. The topological polar surface area (TPSA) is 99.5 Å². The Morgan fingerprint density at radius 3 is 2.90 bits per heavy atom. The normalized spacial score (nSPS) is 16.2. The van der Waals surface area contributed by atoms with Gasteiger partial charge in [-0.3, -0.25) is 9.36 Å². The van der Waals surface area contributed by atoms with Crippen LogP contribution >= 0.6 is 0 Å². The van der Waals surface area contributed by atoms with Crippen LogP contribution in [0.4, 0.5) is 5.69 Å². The van der Waals surface area contributed by atoms with Crippen molar-refractivity contribution in [3.63, 3.8) is 0 Å². The largest absolute Gasteiger partial charge is 0.420 e. The molecule has 2 heterocycles. The molecule has 0 atom stereocenters. The fraction of sp³-hybridized carbons (Fsp3) is 0.429. The Bertz CT molecular complexity index is 713. The van der Waals surface area contributed by atoms with Gasteiger partial charge in [0.15, 0.2) is 5.58 Å². The molecule has 1 aromatic carbocycles. The summed E-state index contributed by atoms with van der Waals surface area (Å²) in [5, 5.41) is 2.92. The lowest BCUT2D eigenvalue weighted by Gasteiger charge is -2.23. The van der Waals surface area contributed by atoms with E-state index in [2.05, 4.69) is 5.32 Å². The maximum atomic E-state index is 12.1. The number of aromatic nitrogens is 1. The number of carbonyl (C=O) groups is 1. The number of nitrogen functional groups attached to an aromatic ring is 1. The maximum absolute atomic E-state index is 12.1. The monoisotopic (exact) mass is 291 g/mol. The summed E-state index contributed by atoms with van der Waals surface area (Å²) in [7, 11) is 0. The Hall–Kier alpha value is -2.28. The molecule has 1 aliphatic rings. The lowest BCUT2D eigenvalue weighted by molar-refractivity contribution is -0.123. The zero-order valence-corrected chi connectivity index (χ0v) is 11.5. The van der Waals surface area contributed by atoms with Gasteiger partial charge in [-0.25, -0.2) is 4.79 Å². The van der Waals surface area contributed by atoms with Crippen LogP contribution in [0.5, 0.6) is 0 Å². The van der Waals surface area contributed by atoms with E-state index in [1.807, 2.05) is 0 Å². The number of anilines is 1. The minimum Gasteiger partial charge on any atom is -0.408 e. The standard InChI is InChI=1S/C14H17N3O4/c15-9-1-2-11-12(7-9)21-14(19)17(11)8-13(18)16-10-3-5-20-6-4-10/h1-2,7,10H,3-6,8,15H2,(H,16,18). The van der Waals surface area contributed by atoms with E-state index < -0.39 is 5.76 Å². The summed E-state index contributed by atoms with van der Waals surface area (Å²) in [6.45, 7) is 1.24. The number of fused-ring (bicyclic) bond motifs is 1. The third-order valence-electron chi connectivity index (χ3n) is 3.58. The van der Waals surface area contributed by atoms with Crippen molar-refractivity contribution in [2.24, 2.45) is 0 Å². The van der Waals surface area contributed by atoms with Gasteiger partial charge < -0.3 is 20.2 Å². The first-order valence-corrected chi connectivity index (χ1v) is 6.89. The third-order valence-corrected chi connectivity index (χ3v) is 3.58. The van der Waals surface area contributed by atoms with Gasteiger partial charge in [-0.2, -0.15) is 0 Å². The molecule has 1 fully saturated rings. The van der Waals surface area contributed by atoms with Gasteiger partial charge in [0.05, 0.1) is 5.52 Å². The molecule has 1 aliphatic heterocycles. The molecular weight excluding hydrogens is 274 g/mol. The molecule has 3 N–H and O–H groups in total. The Labute approximate surface area is 120 Å². The second kappa shape index (κ2) is 5.61. The number of benzene rings is 1. The van der Waals surface area contributed by atoms with Crippen LogP contribution in [0.3, 0.4) is 0 Å². The van der Waals surface area contributed by atoms with E-state index in [0.29, 0.717) is 30.0 Å². The van der Waals surface area contributed by atoms with Crippen molar-refractivity contribution in [2.45, 2.75) is 25.4 Å². The number of hydrogen-bond acceptors (Lipinski definition) is 5. The second-order valence-electron chi connectivity index (χ2n) is 5.14. The molecule has 0 bridgehead atoms. The highest BCUT2D eigenvalue weighted by Crippen LogP contribution is 2.16. The average Bonchev–Trinajstić information content (AvgIpc) is 2.75. The predicted octanol–water partition coefficient (Wildman–Crippen LogP) is 0.472. The van der Waals surface area contributed by atoms with E-state index in [1.165, 1.54) is 4.57 Å². The average molecular weight is 291 g/mol. The molecule has 2 aromatic rings. The molecule has 1 amide bonds. The summed E-state index contributed by atoms with van der Waals surface area (Å²) in [5.41, 5.74) is 7.11. The molecule has 0 unspecified atom stereocenters. The van der Waals surface area contributed by atoms with Gasteiger partial charge in [0.1, 0.15) is 6.54 Å². The lowest BCUT2D eigenvalue weighted by atomic mass is 10.1. The number of nitrogens with two attached hydrogens (primary N) is 1. The molecule has 112 valence electrons. The fourth-order valence-electron chi connectivity index (χ4n) is 2.49. The van der Waals surface area contributed by atoms with E-state index in [0.717, 1.165) is 12.8 Å². The molecule has 7 nitrogen and oxygen atoms in total. The quantitative estimate of drug-likeness (QED) is 0.801. The molecular formula is C14H17N3O4. The van der Waals surface area contributed by atoms with Gasteiger partial charge in [-0.15, -0.1) is 0 Å². The van der Waals surface area contributed by atoms with Gasteiger partial charge >= 0.3 is 5.76 Å². The number of nitrogens with one attached hydrogen (secondary N) is 1. The van der Waals surface area contributed by atoms with Crippen LogP contribution in [-0.4, -0.2) is 29.7 Å². The van der Waals surface area contributed by atoms with Crippen LogP contribution in [0.15, 0.2) is 27.4 Å². The Balaban J connectivity index is 1.76. The van der Waals surface area contributed by atoms with Crippen molar-refractivity contribution in [2.75, 3.05) is 18.9 Å². The highest BCUT2D eigenvalue weighted by atomic mass is 16.5. The van der Waals surface area contributed by atoms with E-state index >= 15 is 0 Å². The second-order valence-corrected chi connectivity index (χ2v) is 5.14. The highest BCUT2D eigenvalue weighted by molar-refractivity contribution is 5.81. The molecule has 0 radical (unpaired) electrons. The minimum absolute atomic E-state index is 0.0624. The van der Waals surface area contributed by atoms with Gasteiger partial charge in [-0.05, 0) is 25.0 Å². The van der Waals surface area contributed by atoms with Crippen LogP contribution in [0.25, 0.3) is 11.1 Å². The maximum Gasteiger partial charge on any atom is 0.420 e. The van der Waals surface area contributed by atoms with Gasteiger partial charge in [-0.1, -0.05) is 0 Å². The van der Waals surface area contributed by atoms with Crippen molar-refractivity contribution < 1.29 is 13.9 Å². The predicted molar refractivity (Wildman–Crippen MR) is 76.9 cm³/mol. The number of amides is 1. The molecule has 7 heteroatoms. The molecule has 0 spiro atoms. The molecule has 0 saturated carbocycles. The molecule has 1 saturated heterocycles. The molecule has 3 rings (SSSR count). The molecule has 1 aromatic heterocycles. The summed E-state index contributed by atoms with van der Waals surface area (Å²) in [4.78, 5) is 23.9. The van der Waals surface area contributed by atoms with E-state index in [1.54, 1.807) is 18.2 Å². The number of nitrogens with zero attached hydrogens (tertiary/aromatic N) is 1. The summed E-state index contributed by atoms with van der Waals surface area (Å²) in [5.74, 6) is -0.763.